The van der Waals surface area contributed by atoms with E-state index < -0.39 is 0 Å². The Balaban J connectivity index is 0.876. The smallest absolute Gasteiger partial charge is 0.166 e. The van der Waals surface area contributed by atoms with Crippen LogP contribution in [0.25, 0.3) is 168 Å². The summed E-state index contributed by atoms with van der Waals surface area (Å²) < 4.78 is 4.57. The third kappa shape index (κ3) is 10.6. The molecule has 462 valence electrons. The molecule has 0 aliphatic rings. The highest BCUT2D eigenvalue weighted by Crippen LogP contribution is 2.44. The van der Waals surface area contributed by atoms with Gasteiger partial charge in [0.15, 0.2) is 34.9 Å². The Morgan fingerprint density at radius 1 is 0.210 bits per heavy atom. The van der Waals surface area contributed by atoms with Crippen molar-refractivity contribution < 1.29 is 0 Å². The number of nitriles is 4. The first-order valence-corrected chi connectivity index (χ1v) is 32.5. The van der Waals surface area contributed by atoms with Gasteiger partial charge in [-0.05, 0) is 136 Å². The summed E-state index contributed by atoms with van der Waals surface area (Å²) in [5.74, 6) is 3.11. The van der Waals surface area contributed by atoms with Crippen LogP contribution in [0.4, 0.5) is 0 Å². The van der Waals surface area contributed by atoms with Gasteiger partial charge in [0.25, 0.3) is 0 Å². The van der Waals surface area contributed by atoms with Crippen molar-refractivity contribution in [1.82, 2.24) is 39.0 Å². The molecular formula is C88H50N12. The van der Waals surface area contributed by atoms with Gasteiger partial charge in [-0.25, -0.2) is 29.9 Å². The highest BCUT2D eigenvalue weighted by Gasteiger charge is 2.25. The van der Waals surface area contributed by atoms with Gasteiger partial charge in [0, 0.05) is 54.9 Å². The highest BCUT2D eigenvalue weighted by molar-refractivity contribution is 6.13. The molecule has 0 bridgehead atoms. The Morgan fingerprint density at radius 2 is 0.520 bits per heavy atom. The van der Waals surface area contributed by atoms with Crippen LogP contribution in [0.5, 0.6) is 0 Å². The molecule has 0 atom stereocenters. The van der Waals surface area contributed by atoms with Gasteiger partial charge in [-0.15, -0.1) is 0 Å². The van der Waals surface area contributed by atoms with Gasteiger partial charge in [0.05, 0.1) is 80.0 Å². The Bertz CT molecular complexity index is 5830. The number of aromatic nitrogens is 8. The molecule has 0 aliphatic carbocycles. The first kappa shape index (κ1) is 59.2. The predicted octanol–water partition coefficient (Wildman–Crippen LogP) is 20.4. The lowest BCUT2D eigenvalue weighted by molar-refractivity contribution is 1.06. The second-order valence-electron chi connectivity index (χ2n) is 24.3. The van der Waals surface area contributed by atoms with E-state index in [1.807, 2.05) is 170 Å². The Kier molecular flexibility index (Phi) is 14.8. The van der Waals surface area contributed by atoms with Crippen molar-refractivity contribution in [2.24, 2.45) is 0 Å². The molecule has 100 heavy (non-hydrogen) atoms. The normalized spacial score (nSPS) is 11.2. The highest BCUT2D eigenvalue weighted by atomic mass is 15.1. The van der Waals surface area contributed by atoms with Gasteiger partial charge in [-0.1, -0.05) is 212 Å². The largest absolute Gasteiger partial charge is 0.308 e. The molecule has 0 spiro atoms. The molecule has 4 heterocycles. The van der Waals surface area contributed by atoms with Gasteiger partial charge >= 0.3 is 0 Å². The zero-order valence-electron chi connectivity index (χ0n) is 53.2. The molecule has 12 heteroatoms. The average Bonchev–Trinajstić information content (AvgIpc) is 1.57. The fourth-order valence-corrected chi connectivity index (χ4v) is 13.6. The van der Waals surface area contributed by atoms with Crippen LogP contribution in [-0.4, -0.2) is 39.0 Å². The number of rotatable bonds is 12. The van der Waals surface area contributed by atoms with Crippen LogP contribution in [0.1, 0.15) is 22.3 Å². The summed E-state index contributed by atoms with van der Waals surface area (Å²) in [6.45, 7) is 0. The van der Waals surface area contributed by atoms with E-state index in [1.54, 1.807) is 24.3 Å². The molecule has 17 aromatic rings. The molecule has 0 aliphatic heterocycles. The van der Waals surface area contributed by atoms with Crippen LogP contribution in [0.3, 0.4) is 0 Å². The second-order valence-corrected chi connectivity index (χ2v) is 24.3. The summed E-state index contributed by atoms with van der Waals surface area (Å²) in [6, 6.07) is 110. The maximum Gasteiger partial charge on any atom is 0.166 e. The number of benzene rings is 13. The molecule has 0 saturated carbocycles. The molecular weight excluding hydrogens is 1230 g/mol. The quantitative estimate of drug-likeness (QED) is 0.114. The minimum atomic E-state index is 0.418. The summed E-state index contributed by atoms with van der Waals surface area (Å²) in [5, 5.41) is 44.3. The molecule has 0 radical (unpaired) electrons. The van der Waals surface area contributed by atoms with Gasteiger partial charge < -0.3 is 9.13 Å². The average molecular weight is 1280 g/mol. The van der Waals surface area contributed by atoms with E-state index in [0.717, 1.165) is 133 Å². The van der Waals surface area contributed by atoms with Crippen molar-refractivity contribution in [3.05, 3.63) is 326 Å². The number of hydrogen-bond acceptors (Lipinski definition) is 10. The van der Waals surface area contributed by atoms with Crippen molar-refractivity contribution in [3.63, 3.8) is 0 Å². The Hall–Kier alpha value is -14.6. The molecule has 0 fully saturated rings. The second kappa shape index (κ2) is 25.0. The number of para-hydroxylation sites is 2. The van der Waals surface area contributed by atoms with Gasteiger partial charge in [-0.2, -0.15) is 21.0 Å². The Labute approximate surface area is 574 Å². The van der Waals surface area contributed by atoms with Gasteiger partial charge in [0.1, 0.15) is 0 Å². The van der Waals surface area contributed by atoms with Crippen LogP contribution >= 0.6 is 0 Å². The lowest BCUT2D eigenvalue weighted by Gasteiger charge is -2.18. The van der Waals surface area contributed by atoms with Crippen LogP contribution in [-0.2, 0) is 0 Å². The van der Waals surface area contributed by atoms with E-state index in [1.165, 1.54) is 0 Å². The molecule has 0 saturated heterocycles. The fourth-order valence-electron chi connectivity index (χ4n) is 13.6. The van der Waals surface area contributed by atoms with Crippen LogP contribution in [0.2, 0.25) is 0 Å². The van der Waals surface area contributed by atoms with Crippen molar-refractivity contribution in [3.8, 4) is 148 Å². The third-order valence-corrected chi connectivity index (χ3v) is 18.4. The zero-order chi connectivity index (χ0) is 67.2. The lowest BCUT2D eigenvalue weighted by atomic mass is 9.96. The van der Waals surface area contributed by atoms with E-state index in [2.05, 4.69) is 143 Å². The van der Waals surface area contributed by atoms with Crippen molar-refractivity contribution in [2.75, 3.05) is 0 Å². The van der Waals surface area contributed by atoms with E-state index >= 15 is 0 Å². The maximum absolute atomic E-state index is 10.4. The molecule has 4 aromatic heterocycles. The van der Waals surface area contributed by atoms with Crippen LogP contribution < -0.4 is 0 Å². The lowest BCUT2D eigenvalue weighted by Crippen LogP contribution is -2.04. The van der Waals surface area contributed by atoms with E-state index in [-0.39, 0.29) is 0 Å². The first-order valence-electron chi connectivity index (χ1n) is 32.5. The maximum atomic E-state index is 10.4. The Morgan fingerprint density at radius 3 is 0.890 bits per heavy atom. The van der Waals surface area contributed by atoms with E-state index in [4.69, 9.17) is 29.9 Å². The summed E-state index contributed by atoms with van der Waals surface area (Å²) in [5.41, 5.74) is 18.9. The summed E-state index contributed by atoms with van der Waals surface area (Å²) >= 11 is 0. The van der Waals surface area contributed by atoms with Crippen LogP contribution in [0.15, 0.2) is 303 Å². The monoisotopic (exact) mass is 1270 g/mol. The number of fused-ring (bicyclic) bond motifs is 6. The minimum Gasteiger partial charge on any atom is -0.308 e. The van der Waals surface area contributed by atoms with Crippen LogP contribution in [0, 0.1) is 45.3 Å². The summed E-state index contributed by atoms with van der Waals surface area (Å²) in [4.78, 5) is 31.4. The van der Waals surface area contributed by atoms with Crippen molar-refractivity contribution >= 4 is 43.6 Å². The first-order chi connectivity index (χ1) is 49.4. The third-order valence-electron chi connectivity index (χ3n) is 18.4. The summed E-state index contributed by atoms with van der Waals surface area (Å²) in [7, 11) is 0. The zero-order valence-corrected chi connectivity index (χ0v) is 53.2. The number of hydrogen-bond donors (Lipinski definition) is 0. The van der Waals surface area contributed by atoms with Crippen molar-refractivity contribution in [1.29, 1.82) is 21.0 Å². The molecule has 13 aromatic carbocycles. The standard InChI is InChI=1S/C88H50N12/c89-51-55-32-38-69(67(44-55)53-91)65-36-42-79-75(47-65)71-28-13-15-30-77(71)99(79)81-49-63(34-40-73(81)87-95-83(57-18-5-1-6-19-57)93-84(96-87)58-20-7-2-8-21-58)61-26-17-27-62(46-61)64-35-41-74(88-97-85(59-22-9-3-10-23-59)94-86(98-88)60-24-11-4-12-25-60)82(50-64)100-78-31-16-14-29-72(78)76-48-66(37-43-80(76)100)70-39-33-56(52-90)45-68(70)54-92/h1-50H. The summed E-state index contributed by atoms with van der Waals surface area (Å²) in [6.07, 6.45) is 0. The number of nitrogens with zero attached hydrogens (tertiary/aromatic N) is 12. The van der Waals surface area contributed by atoms with E-state index in [0.29, 0.717) is 57.2 Å². The molecule has 0 N–H and O–H groups in total. The van der Waals surface area contributed by atoms with Gasteiger partial charge in [-0.3, -0.25) is 0 Å². The van der Waals surface area contributed by atoms with Crippen molar-refractivity contribution in [2.45, 2.75) is 0 Å². The fraction of sp³-hybridized carbons (Fsp3) is 0. The van der Waals surface area contributed by atoms with E-state index in [9.17, 15) is 21.0 Å². The SMILES string of the molecule is N#Cc1ccc(-c2ccc3c(c2)c2ccccc2n3-c2cc(-c3cccc(-c4ccc(-c5nc(-c6ccccc6)nc(-c6ccccc6)n5)c(-n5c6ccccc6c6cc(-c7ccc(C#N)cc7C#N)ccc65)c4)c3)ccc2-c2nc(-c3ccccc3)nc(-c3ccccc3)n2)c(C#N)c1. The minimum absolute atomic E-state index is 0.418. The molecule has 0 unspecified atom stereocenters. The topological polar surface area (TPSA) is 182 Å². The van der Waals surface area contributed by atoms with Gasteiger partial charge in [0.2, 0.25) is 0 Å². The molecule has 17 rings (SSSR count). The molecule has 12 nitrogen and oxygen atoms in total. The molecule has 0 amide bonds. The predicted molar refractivity (Wildman–Crippen MR) is 395 cm³/mol.